The maximum Gasteiger partial charge on any atom is 0.303 e. The molecular formula is C70H114N22O24S3. The number of nitrogens with one attached hydrogen (secondary N) is 16. The quantitative estimate of drug-likeness (QED) is 0.0269. The van der Waals surface area contributed by atoms with Crippen LogP contribution in [0.3, 0.4) is 0 Å². The number of hydrogen-bond acceptors (Lipinski definition) is 26. The van der Waals surface area contributed by atoms with Gasteiger partial charge in [0.2, 0.25) is 130 Å². The predicted octanol–water partition coefficient (Wildman–Crippen LogP) is -9.67. The Kier molecular flexibility index (Phi) is 48.5. The molecule has 22 amide bonds. The first-order valence-corrected chi connectivity index (χ1v) is 42.1. The number of unbranched alkanes of at least 4 members (excludes halogenated alkanes) is 1. The Labute approximate surface area is 699 Å². The van der Waals surface area contributed by atoms with Gasteiger partial charge in [0.05, 0.1) is 78.1 Å². The number of carbonyl (C=O) groups excluding carboxylic acids is 22. The highest BCUT2D eigenvalue weighted by Crippen LogP contribution is 2.19. The van der Waals surface area contributed by atoms with Gasteiger partial charge in [-0.25, -0.2) is 0 Å². The van der Waals surface area contributed by atoms with Gasteiger partial charge in [-0.3, -0.25) is 110 Å². The van der Waals surface area contributed by atoms with Gasteiger partial charge in [0.15, 0.2) is 0 Å². The molecule has 119 heavy (non-hydrogen) atoms. The van der Waals surface area contributed by atoms with Crippen LogP contribution >= 0.6 is 35.3 Å². The maximum absolute atomic E-state index is 14.0. The lowest BCUT2D eigenvalue weighted by Crippen LogP contribution is -2.60. The number of carbonyl (C=O) groups is 23. The molecular weight excluding hydrogens is 1630 g/mol. The van der Waals surface area contributed by atoms with Crippen LogP contribution in [0.1, 0.15) is 126 Å². The van der Waals surface area contributed by atoms with Crippen molar-refractivity contribution in [3.8, 4) is 0 Å². The van der Waals surface area contributed by atoms with E-state index in [1.165, 1.54) is 70.8 Å². The Morgan fingerprint density at radius 1 is 0.429 bits per heavy atom. The van der Waals surface area contributed by atoms with Gasteiger partial charge in [0.25, 0.3) is 0 Å². The summed E-state index contributed by atoms with van der Waals surface area (Å²) in [5.74, 6) is -19.8. The first-order chi connectivity index (χ1) is 56.1. The summed E-state index contributed by atoms with van der Waals surface area (Å²) in [5.41, 5.74) is 10.5. The molecule has 2 aliphatic heterocycles. The third-order valence-electron chi connectivity index (χ3n) is 17.9. The molecule has 0 aromatic heterocycles. The van der Waals surface area contributed by atoms with Gasteiger partial charge in [0, 0.05) is 56.4 Å². The lowest BCUT2D eigenvalue weighted by atomic mass is 9.98. The highest BCUT2D eigenvalue weighted by molar-refractivity contribution is 8.00. The van der Waals surface area contributed by atoms with Crippen LogP contribution in [0.15, 0.2) is 0 Å². The molecule has 21 N–H and O–H groups in total. The molecule has 2 rings (SSSR count). The maximum atomic E-state index is 14.0. The Bertz CT molecular complexity index is 3610. The van der Waals surface area contributed by atoms with Crippen molar-refractivity contribution in [1.29, 1.82) is 0 Å². The van der Waals surface area contributed by atoms with Crippen molar-refractivity contribution in [2.24, 2.45) is 17.4 Å². The van der Waals surface area contributed by atoms with E-state index in [1.807, 2.05) is 6.92 Å². The van der Waals surface area contributed by atoms with Crippen molar-refractivity contribution < 1.29 is 115 Å². The lowest BCUT2D eigenvalue weighted by Gasteiger charge is -2.42. The Hall–Kier alpha value is -11.1. The van der Waals surface area contributed by atoms with Crippen LogP contribution in [0.5, 0.6) is 0 Å². The van der Waals surface area contributed by atoms with Crippen molar-refractivity contribution in [3.63, 3.8) is 0 Å². The van der Waals surface area contributed by atoms with Crippen molar-refractivity contribution in [2.75, 3.05) is 114 Å². The number of carboxylic acid groups (broad SMARTS) is 1. The molecule has 2 saturated heterocycles. The molecule has 49 heteroatoms. The zero-order valence-corrected chi connectivity index (χ0v) is 70.5. The van der Waals surface area contributed by atoms with Crippen molar-refractivity contribution in [2.45, 2.75) is 180 Å². The van der Waals surface area contributed by atoms with Gasteiger partial charge in [-0.05, 0) is 71.3 Å². The molecule has 0 saturated carbocycles. The van der Waals surface area contributed by atoms with Crippen LogP contribution in [0, 0.1) is 5.92 Å². The summed E-state index contributed by atoms with van der Waals surface area (Å²) < 4.78 is 0. The normalized spacial score (nSPS) is 15.2. The number of nitrogens with two attached hydrogens (primary N) is 2. The third-order valence-corrected chi connectivity index (χ3v) is 20.1. The van der Waals surface area contributed by atoms with E-state index in [-0.39, 0.29) is 64.0 Å². The van der Waals surface area contributed by atoms with E-state index in [0.717, 1.165) is 11.8 Å². The number of nitrogens with zero attached hydrogens (tertiary/aromatic N) is 4. The second-order valence-corrected chi connectivity index (χ2v) is 30.6. The highest BCUT2D eigenvalue weighted by atomic mass is 32.2. The van der Waals surface area contributed by atoms with E-state index < -0.39 is 274 Å². The van der Waals surface area contributed by atoms with Crippen molar-refractivity contribution in [3.05, 3.63) is 0 Å². The smallest absolute Gasteiger partial charge is 0.303 e. The number of amides is 22. The van der Waals surface area contributed by atoms with Crippen LogP contribution in [-0.4, -0.2) is 329 Å². The van der Waals surface area contributed by atoms with E-state index in [2.05, 4.69) is 85.1 Å². The summed E-state index contributed by atoms with van der Waals surface area (Å²) in [4.78, 5) is 303. The van der Waals surface area contributed by atoms with E-state index in [9.17, 15) is 115 Å². The minimum atomic E-state index is -1.68. The first-order valence-electron chi connectivity index (χ1n) is 38.2. The van der Waals surface area contributed by atoms with Gasteiger partial charge >= 0.3 is 5.97 Å². The molecule has 0 aliphatic carbocycles. The molecule has 46 nitrogen and oxygen atoms in total. The summed E-state index contributed by atoms with van der Waals surface area (Å²) in [6, 6.07) is -11.8. The zero-order chi connectivity index (χ0) is 89.6. The number of hydrogen-bond donors (Lipinski definition) is 19. The average molecular weight is 1740 g/mol. The second-order valence-electron chi connectivity index (χ2n) is 27.6. The summed E-state index contributed by atoms with van der Waals surface area (Å²) in [7, 11) is 0. The Morgan fingerprint density at radius 3 is 1.25 bits per heavy atom. The van der Waals surface area contributed by atoms with Gasteiger partial charge in [-0.2, -0.15) is 23.5 Å². The molecule has 0 unspecified atom stereocenters. The molecule has 0 bridgehead atoms. The molecule has 2 fully saturated rings. The van der Waals surface area contributed by atoms with Gasteiger partial charge in [0.1, 0.15) is 54.4 Å². The summed E-state index contributed by atoms with van der Waals surface area (Å²) >= 11 is 3.63. The highest BCUT2D eigenvalue weighted by Gasteiger charge is 2.37. The minimum Gasteiger partial charge on any atom is -0.481 e. The molecule has 0 radical (unpaired) electrons. The van der Waals surface area contributed by atoms with Crippen molar-refractivity contribution in [1.82, 2.24) is 105 Å². The fourth-order valence-corrected chi connectivity index (χ4v) is 12.7. The molecule has 0 aromatic rings. The van der Waals surface area contributed by atoms with E-state index in [0.29, 0.717) is 37.2 Å². The summed E-state index contributed by atoms with van der Waals surface area (Å²) in [6.45, 7) is 3.93. The van der Waals surface area contributed by atoms with E-state index in [1.54, 1.807) is 26.4 Å². The molecule has 10 atom stereocenters. The largest absolute Gasteiger partial charge is 0.481 e. The molecule has 2 heterocycles. The number of rotatable bonds is 54. The number of likely N-dealkylation sites (tertiary alicyclic amines) is 1. The average Bonchev–Trinajstić information content (AvgIpc) is 1.70. The minimum absolute atomic E-state index is 0.0796. The summed E-state index contributed by atoms with van der Waals surface area (Å²) in [6.07, 6.45) is 3.70. The Morgan fingerprint density at radius 2 is 0.815 bits per heavy atom. The van der Waals surface area contributed by atoms with Gasteiger partial charge in [-0.15, -0.1) is 11.8 Å². The molecule has 2 aliphatic rings. The fraction of sp³-hybridized carbons (Fsp3) is 0.671. The topological polar surface area (TPSA) is 670 Å². The number of thioether (sulfide) groups is 3. The molecule has 0 aromatic carbocycles. The zero-order valence-electron chi connectivity index (χ0n) is 68.1. The van der Waals surface area contributed by atoms with Crippen LogP contribution in [0.2, 0.25) is 0 Å². The third kappa shape index (κ3) is 41.2. The van der Waals surface area contributed by atoms with Crippen molar-refractivity contribution >= 4 is 171 Å². The number of primary amides is 2. The Balaban J connectivity index is 2.24. The van der Waals surface area contributed by atoms with E-state index in [4.69, 9.17) is 11.5 Å². The van der Waals surface area contributed by atoms with Gasteiger partial charge in [-0.1, -0.05) is 40.0 Å². The van der Waals surface area contributed by atoms with Crippen LogP contribution in [-0.2, 0) is 110 Å². The lowest BCUT2D eigenvalue weighted by molar-refractivity contribution is -0.157. The SMILES string of the molecule is CCCC[C@H](NC(=O)CNC(=O)[C@@H]1CCCN1C(=O)CNC(=O)[C@H](C)NC(=O)CNC(=O)[C@H](CSCC(=O)N1CN(C(=O)CCSC)CN(C(=O)CCSC)C1)NC(=O)CNC(=O)[C@H](CCC(N)=O)NC(=O)CNC(=O)[C@H](CCC(=O)O)NC(=O)CNC(=O)[C@@H](NC(=O)CNC(=O)[C@H](C)NC(C)=O)[C@@H](C)CC)C(=O)NCC(=O)N[C@@H](C)C(N)=O. The van der Waals surface area contributed by atoms with Gasteiger partial charge < -0.3 is 121 Å². The first kappa shape index (κ1) is 104. The predicted molar refractivity (Wildman–Crippen MR) is 429 cm³/mol. The number of aliphatic carboxylic acids is 1. The van der Waals surface area contributed by atoms with Crippen LogP contribution in [0.25, 0.3) is 0 Å². The fourth-order valence-electron chi connectivity index (χ4n) is 11.0. The number of carboxylic acids is 1. The monoisotopic (exact) mass is 1740 g/mol. The molecule has 666 valence electrons. The van der Waals surface area contributed by atoms with Crippen LogP contribution < -0.4 is 96.5 Å². The summed E-state index contributed by atoms with van der Waals surface area (Å²) in [5, 5.41) is 46.9. The van der Waals surface area contributed by atoms with Crippen LogP contribution in [0.4, 0.5) is 0 Å². The van der Waals surface area contributed by atoms with E-state index >= 15 is 0 Å². The second kappa shape index (κ2) is 55.5. The molecule has 0 spiro atoms. The standard InChI is InChI=1S/C70H114N22O24S3/c1-10-12-14-43(65(111)74-25-49(95)82-39(4)62(72)108)84-52(98)29-78-69(115)47-15-13-22-92(47)58(104)32-80-64(110)41(6)83-50(96)26-77-68(114)46(33-119-34-59(105)91-36-89(56(102)20-23-117-8)35-90(37-91)57(103)21-24-118-9)87-54(100)28-76-66(112)44(16-18-48(71)94)85-51(97)27-75-67(113)45(17-19-60(106)107)86-53(99)30-79-70(116)61(38(3)11-2)88-55(101)31-73-63(109)40(5)81-42(7)93/h38-41,43-47,61H,10-37H2,1-9H3,(H2,71,94)(H2,72,108)(H,73,109)(H,74,111)(H,75,113)(H,76,112)(H,77,114)(H,78,115)(H,79,116)(H,80,110)(H,81,93)(H,82,95)(H,83,96)(H,84,98)(H,85,97)(H,86,99)(H,87,100)(H,88,101)(H,106,107)/t38-,39-,40-,41-,43-,44-,45-,46-,47-,61-/m0/s1.